The first-order valence-electron chi connectivity index (χ1n) is 9.02. The Morgan fingerprint density at radius 1 is 1.24 bits per heavy atom. The number of carbonyl (C=O) groups is 1. The Kier molecular flexibility index (Phi) is 5.75. The van der Waals surface area contributed by atoms with E-state index in [1.807, 2.05) is 19.1 Å². The van der Waals surface area contributed by atoms with Crippen LogP contribution in [-0.2, 0) is 0 Å². The molecular weight excluding hydrogens is 322 g/mol. The number of urea groups is 1. The van der Waals surface area contributed by atoms with Crippen LogP contribution in [0.3, 0.4) is 0 Å². The maximum absolute atomic E-state index is 12.1. The molecule has 1 aromatic rings. The van der Waals surface area contributed by atoms with Gasteiger partial charge < -0.3 is 25.6 Å². The highest BCUT2D eigenvalue weighted by atomic mass is 16.5. The predicted molar refractivity (Wildman–Crippen MR) is 92.3 cm³/mol. The number of pyridine rings is 1. The minimum absolute atomic E-state index is 0.218. The fraction of sp³-hybridized carbons (Fsp3) is 0.667. The molecule has 0 saturated heterocycles. The van der Waals surface area contributed by atoms with Gasteiger partial charge in [-0.1, -0.05) is 18.9 Å². The van der Waals surface area contributed by atoms with Crippen LogP contribution in [0.15, 0.2) is 18.2 Å². The Morgan fingerprint density at radius 3 is 2.72 bits per heavy atom. The van der Waals surface area contributed by atoms with Crippen LogP contribution in [0.25, 0.3) is 0 Å². The highest BCUT2D eigenvalue weighted by molar-refractivity contribution is 5.74. The smallest absolute Gasteiger partial charge is 0.315 e. The van der Waals surface area contributed by atoms with Crippen molar-refractivity contribution >= 4 is 6.03 Å². The van der Waals surface area contributed by atoms with Gasteiger partial charge in [-0.15, -0.1) is 0 Å². The Balaban J connectivity index is 1.49. The summed E-state index contributed by atoms with van der Waals surface area (Å²) in [6, 6.07) is 4.96. The van der Waals surface area contributed by atoms with Gasteiger partial charge in [-0.2, -0.15) is 0 Å². The Bertz CT molecular complexity index is 591. The number of nitrogens with zero attached hydrogens (tertiary/aromatic N) is 1. The molecule has 0 aliphatic heterocycles. The van der Waals surface area contributed by atoms with Crippen molar-refractivity contribution in [1.29, 1.82) is 0 Å². The van der Waals surface area contributed by atoms with Crippen LogP contribution in [0.2, 0.25) is 0 Å². The molecule has 7 nitrogen and oxygen atoms in total. The molecule has 138 valence electrons. The lowest BCUT2D eigenvalue weighted by molar-refractivity contribution is 0.00291. The molecule has 4 atom stereocenters. The number of nitrogens with one attached hydrogen (secondary N) is 2. The standard InChI is InChI=1S/C18H27N3O4/c1-11-5-4-8-15(19-11)25-10-12-9-14(17(23)16(12)22)21-18(24)20-13-6-2-3-7-13/h4-5,8,12-14,16-17,22-23H,2-3,6-7,9-10H2,1H3,(H2,20,21,24)/t12-,14-,16-,17+/m1/s1. The maximum Gasteiger partial charge on any atom is 0.315 e. The summed E-state index contributed by atoms with van der Waals surface area (Å²) in [5, 5.41) is 26.2. The minimum atomic E-state index is -0.992. The molecule has 2 aliphatic carbocycles. The molecule has 3 rings (SSSR count). The van der Waals surface area contributed by atoms with E-state index in [2.05, 4.69) is 15.6 Å². The molecule has 2 aliphatic rings. The summed E-state index contributed by atoms with van der Waals surface area (Å²) < 4.78 is 5.64. The summed E-state index contributed by atoms with van der Waals surface area (Å²) in [5.41, 5.74) is 0.854. The van der Waals surface area contributed by atoms with Crippen molar-refractivity contribution in [3.05, 3.63) is 23.9 Å². The lowest BCUT2D eigenvalue weighted by Gasteiger charge is -2.20. The van der Waals surface area contributed by atoms with E-state index in [9.17, 15) is 15.0 Å². The molecule has 0 bridgehead atoms. The van der Waals surface area contributed by atoms with Crippen LogP contribution in [-0.4, -0.2) is 52.1 Å². The topological polar surface area (TPSA) is 104 Å². The number of aromatic nitrogens is 1. The van der Waals surface area contributed by atoms with E-state index in [1.54, 1.807) is 6.07 Å². The van der Waals surface area contributed by atoms with Crippen LogP contribution in [0.5, 0.6) is 5.88 Å². The number of hydrogen-bond acceptors (Lipinski definition) is 5. The molecule has 2 fully saturated rings. The highest BCUT2D eigenvalue weighted by Gasteiger charge is 2.42. The molecule has 25 heavy (non-hydrogen) atoms. The molecule has 2 saturated carbocycles. The van der Waals surface area contributed by atoms with Gasteiger partial charge in [-0.25, -0.2) is 9.78 Å². The summed E-state index contributed by atoms with van der Waals surface area (Å²) in [6.07, 6.45) is 2.83. The van der Waals surface area contributed by atoms with Crippen LogP contribution in [0, 0.1) is 12.8 Å². The van der Waals surface area contributed by atoms with Gasteiger partial charge in [0.1, 0.15) is 6.10 Å². The van der Waals surface area contributed by atoms with Crippen LogP contribution in [0.4, 0.5) is 4.79 Å². The second-order valence-electron chi connectivity index (χ2n) is 7.11. The van der Waals surface area contributed by atoms with Crippen LogP contribution >= 0.6 is 0 Å². The largest absolute Gasteiger partial charge is 0.477 e. The number of carbonyl (C=O) groups excluding carboxylic acids is 1. The zero-order valence-electron chi connectivity index (χ0n) is 14.5. The van der Waals surface area contributed by atoms with Crippen molar-refractivity contribution in [1.82, 2.24) is 15.6 Å². The zero-order chi connectivity index (χ0) is 17.8. The third-order valence-electron chi connectivity index (χ3n) is 5.12. The van der Waals surface area contributed by atoms with Crippen molar-refractivity contribution in [3.63, 3.8) is 0 Å². The van der Waals surface area contributed by atoms with E-state index in [0.29, 0.717) is 12.3 Å². The van der Waals surface area contributed by atoms with Crippen molar-refractivity contribution < 1.29 is 19.7 Å². The van der Waals surface area contributed by atoms with Gasteiger partial charge in [0.2, 0.25) is 5.88 Å². The number of ether oxygens (including phenoxy) is 1. The van der Waals surface area contributed by atoms with Gasteiger partial charge in [0.25, 0.3) is 0 Å². The third-order valence-corrected chi connectivity index (χ3v) is 5.12. The van der Waals surface area contributed by atoms with Gasteiger partial charge >= 0.3 is 6.03 Å². The zero-order valence-corrected chi connectivity index (χ0v) is 14.5. The van der Waals surface area contributed by atoms with Gasteiger partial charge in [0, 0.05) is 23.7 Å². The van der Waals surface area contributed by atoms with Crippen LogP contribution in [0.1, 0.15) is 37.8 Å². The van der Waals surface area contributed by atoms with E-state index in [4.69, 9.17) is 4.74 Å². The van der Waals surface area contributed by atoms with E-state index in [1.165, 1.54) is 0 Å². The number of aliphatic hydroxyl groups is 2. The Hall–Kier alpha value is -1.86. The van der Waals surface area contributed by atoms with Crippen molar-refractivity contribution in [2.75, 3.05) is 6.61 Å². The van der Waals surface area contributed by atoms with E-state index < -0.39 is 18.2 Å². The molecular formula is C18H27N3O4. The van der Waals surface area contributed by atoms with Crippen molar-refractivity contribution in [3.8, 4) is 5.88 Å². The van der Waals surface area contributed by atoms with Crippen LogP contribution < -0.4 is 15.4 Å². The summed E-state index contributed by atoms with van der Waals surface area (Å²) >= 11 is 0. The molecule has 4 N–H and O–H groups in total. The average molecular weight is 349 g/mol. The summed E-state index contributed by atoms with van der Waals surface area (Å²) in [7, 11) is 0. The Labute approximate surface area is 147 Å². The molecule has 0 spiro atoms. The number of hydrogen-bond donors (Lipinski definition) is 4. The highest BCUT2D eigenvalue weighted by Crippen LogP contribution is 2.27. The summed E-state index contributed by atoms with van der Waals surface area (Å²) in [5.74, 6) is 0.242. The molecule has 1 aromatic heterocycles. The van der Waals surface area contributed by atoms with Gasteiger partial charge in [0.05, 0.1) is 18.8 Å². The molecule has 0 aromatic carbocycles. The second kappa shape index (κ2) is 8.01. The number of amides is 2. The summed E-state index contributed by atoms with van der Waals surface area (Å²) in [4.78, 5) is 16.3. The fourth-order valence-corrected chi connectivity index (χ4v) is 3.69. The maximum atomic E-state index is 12.1. The lowest BCUT2D eigenvalue weighted by Crippen LogP contribution is -2.49. The first kappa shape index (κ1) is 17.9. The molecule has 0 unspecified atom stereocenters. The first-order valence-corrected chi connectivity index (χ1v) is 9.02. The predicted octanol–water partition coefficient (Wildman–Crippen LogP) is 1.12. The number of aryl methyl sites for hydroxylation is 1. The second-order valence-corrected chi connectivity index (χ2v) is 7.11. The first-order chi connectivity index (χ1) is 12.0. The third kappa shape index (κ3) is 4.61. The normalized spacial score (nSPS) is 29.6. The number of aliphatic hydroxyl groups excluding tert-OH is 2. The monoisotopic (exact) mass is 349 g/mol. The quantitative estimate of drug-likeness (QED) is 0.638. The van der Waals surface area contributed by atoms with E-state index in [-0.39, 0.29) is 24.6 Å². The van der Waals surface area contributed by atoms with E-state index in [0.717, 1.165) is 31.4 Å². The van der Waals surface area contributed by atoms with Crippen molar-refractivity contribution in [2.45, 2.75) is 63.3 Å². The lowest BCUT2D eigenvalue weighted by atomic mass is 10.1. The fourth-order valence-electron chi connectivity index (χ4n) is 3.69. The summed E-state index contributed by atoms with van der Waals surface area (Å²) in [6.45, 7) is 2.13. The average Bonchev–Trinajstić information content (AvgIpc) is 3.17. The molecule has 0 radical (unpaired) electrons. The number of rotatable bonds is 5. The Morgan fingerprint density at radius 2 is 2.00 bits per heavy atom. The molecule has 2 amide bonds. The molecule has 7 heteroatoms. The van der Waals surface area contributed by atoms with Gasteiger partial charge in [0.15, 0.2) is 0 Å². The van der Waals surface area contributed by atoms with Crippen molar-refractivity contribution in [2.24, 2.45) is 5.92 Å². The van der Waals surface area contributed by atoms with Gasteiger partial charge in [-0.05, 0) is 32.3 Å². The molecule has 1 heterocycles. The van der Waals surface area contributed by atoms with E-state index >= 15 is 0 Å². The SMILES string of the molecule is Cc1cccc(OC[C@H]2C[C@@H](NC(=O)NC3CCCC3)[C@H](O)[C@@H]2O)n1. The minimum Gasteiger partial charge on any atom is -0.477 e. The van der Waals surface area contributed by atoms with Gasteiger partial charge in [-0.3, -0.25) is 0 Å².